The Morgan fingerprint density at radius 3 is 2.96 bits per heavy atom. The van der Waals surface area contributed by atoms with Gasteiger partial charge in [0.2, 0.25) is 5.71 Å². The van der Waals surface area contributed by atoms with E-state index in [2.05, 4.69) is 24.0 Å². The molecule has 7 heteroatoms. The maximum Gasteiger partial charge on any atom is 0.367 e. The van der Waals surface area contributed by atoms with Gasteiger partial charge in [-0.05, 0) is 37.3 Å². The zero-order chi connectivity index (χ0) is 18.9. The van der Waals surface area contributed by atoms with Crippen molar-refractivity contribution in [1.82, 2.24) is 4.98 Å². The van der Waals surface area contributed by atoms with Crippen molar-refractivity contribution in [2.24, 2.45) is 21.9 Å². The molecule has 4 unspecified atom stereocenters. The molecule has 0 N–H and O–H groups in total. The summed E-state index contributed by atoms with van der Waals surface area (Å²) in [5, 5.41) is 13.8. The van der Waals surface area contributed by atoms with Crippen molar-refractivity contribution in [3.8, 4) is 6.07 Å². The molecule has 1 aromatic heterocycles. The Labute approximate surface area is 160 Å². The molecular formula is C20H19N3O3S. The molecule has 4 atom stereocenters. The SMILES string of the molecule is CC12COC3(C(=O)O/N=C(\C#N)c4nc5ccccc5s4)CC1CCC32C. The summed E-state index contributed by atoms with van der Waals surface area (Å²) in [7, 11) is 0. The molecule has 27 heavy (non-hydrogen) atoms. The number of aromatic nitrogens is 1. The second kappa shape index (κ2) is 5.37. The number of carbonyl (C=O) groups excluding carboxylic acids is 1. The molecule has 1 saturated heterocycles. The number of para-hydroxylation sites is 1. The van der Waals surface area contributed by atoms with E-state index in [1.54, 1.807) is 0 Å². The van der Waals surface area contributed by atoms with Crippen LogP contribution in [0.1, 0.15) is 38.1 Å². The summed E-state index contributed by atoms with van der Waals surface area (Å²) in [6, 6.07) is 9.60. The molecule has 138 valence electrons. The second-order valence-corrected chi connectivity index (χ2v) is 9.25. The summed E-state index contributed by atoms with van der Waals surface area (Å²) in [6.07, 6.45) is 2.76. The highest BCUT2D eigenvalue weighted by atomic mass is 32.1. The molecule has 2 aromatic rings. The number of hydrogen-bond acceptors (Lipinski definition) is 7. The van der Waals surface area contributed by atoms with Crippen molar-refractivity contribution >= 4 is 33.2 Å². The van der Waals surface area contributed by atoms with Gasteiger partial charge in [0.25, 0.3) is 0 Å². The predicted molar refractivity (Wildman–Crippen MR) is 100 cm³/mol. The van der Waals surface area contributed by atoms with Gasteiger partial charge in [0, 0.05) is 10.8 Å². The van der Waals surface area contributed by atoms with Crippen molar-refractivity contribution in [1.29, 1.82) is 5.26 Å². The van der Waals surface area contributed by atoms with Gasteiger partial charge in [0.1, 0.15) is 6.07 Å². The minimum absolute atomic E-state index is 0.00928. The molecular weight excluding hydrogens is 362 g/mol. The molecule has 1 aliphatic heterocycles. The summed E-state index contributed by atoms with van der Waals surface area (Å²) in [6.45, 7) is 4.93. The minimum atomic E-state index is -0.942. The van der Waals surface area contributed by atoms with E-state index in [-0.39, 0.29) is 16.5 Å². The molecule has 0 radical (unpaired) electrons. The van der Waals surface area contributed by atoms with Crippen molar-refractivity contribution in [2.45, 2.75) is 38.7 Å². The number of nitriles is 1. The van der Waals surface area contributed by atoms with Gasteiger partial charge in [-0.2, -0.15) is 5.26 Å². The Morgan fingerprint density at radius 1 is 1.44 bits per heavy atom. The Balaban J connectivity index is 1.43. The van der Waals surface area contributed by atoms with Gasteiger partial charge in [-0.15, -0.1) is 11.3 Å². The summed E-state index contributed by atoms with van der Waals surface area (Å²) in [5.41, 5.74) is -0.362. The molecule has 0 amide bonds. The Bertz CT molecular complexity index is 1010. The van der Waals surface area contributed by atoms with Gasteiger partial charge in [-0.1, -0.05) is 31.1 Å². The van der Waals surface area contributed by atoms with E-state index in [0.717, 1.165) is 23.1 Å². The van der Waals surface area contributed by atoms with Crippen LogP contribution in [0.3, 0.4) is 0 Å². The lowest BCUT2D eigenvalue weighted by molar-refractivity contribution is -0.181. The normalized spacial score (nSPS) is 36.9. The van der Waals surface area contributed by atoms with Gasteiger partial charge >= 0.3 is 5.97 Å². The van der Waals surface area contributed by atoms with Crippen LogP contribution in [-0.2, 0) is 14.4 Å². The van der Waals surface area contributed by atoms with E-state index in [1.165, 1.54) is 11.3 Å². The van der Waals surface area contributed by atoms with Gasteiger partial charge in [-0.3, -0.25) is 0 Å². The molecule has 2 aliphatic carbocycles. The van der Waals surface area contributed by atoms with E-state index in [0.29, 0.717) is 24.0 Å². The Hall–Kier alpha value is -2.30. The average molecular weight is 381 g/mol. The predicted octanol–water partition coefficient (Wildman–Crippen LogP) is 3.66. The van der Waals surface area contributed by atoms with Crippen LogP contribution in [0.2, 0.25) is 0 Å². The first-order valence-corrected chi connectivity index (χ1v) is 9.95. The number of hydrogen-bond donors (Lipinski definition) is 0. The van der Waals surface area contributed by atoms with Gasteiger partial charge in [0.05, 0.1) is 16.8 Å². The second-order valence-electron chi connectivity index (χ2n) is 8.22. The largest absolute Gasteiger partial charge is 0.367 e. The number of rotatable bonds is 3. The van der Waals surface area contributed by atoms with Crippen LogP contribution in [0, 0.1) is 28.1 Å². The lowest BCUT2D eigenvalue weighted by Crippen LogP contribution is -2.50. The summed E-state index contributed by atoms with van der Waals surface area (Å²) < 4.78 is 6.98. The fraction of sp³-hybridized carbons (Fsp3) is 0.500. The van der Waals surface area contributed by atoms with Crippen molar-refractivity contribution in [2.75, 3.05) is 6.61 Å². The van der Waals surface area contributed by atoms with E-state index >= 15 is 0 Å². The smallest absolute Gasteiger partial charge is 0.362 e. The lowest BCUT2D eigenvalue weighted by atomic mass is 9.66. The molecule has 6 nitrogen and oxygen atoms in total. The lowest BCUT2D eigenvalue weighted by Gasteiger charge is -2.38. The molecule has 2 saturated carbocycles. The summed E-state index contributed by atoms with van der Waals surface area (Å²) in [4.78, 5) is 22.7. The van der Waals surface area contributed by atoms with Crippen LogP contribution in [0.4, 0.5) is 0 Å². The standard InChI is InChI=1S/C20H19N3O3S/c1-18-11-25-20(9-12(18)7-8-19(18,20)2)17(24)26-23-14(10-21)16-22-13-5-3-4-6-15(13)27-16/h3-6,12H,7-9,11H2,1-2H3/b23-14+. The molecule has 2 heterocycles. The number of thiazole rings is 1. The van der Waals surface area contributed by atoms with Crippen LogP contribution in [-0.4, -0.2) is 28.9 Å². The Morgan fingerprint density at radius 2 is 2.26 bits per heavy atom. The number of fused-ring (bicyclic) bond motifs is 1. The van der Waals surface area contributed by atoms with E-state index in [9.17, 15) is 10.1 Å². The molecule has 3 fully saturated rings. The van der Waals surface area contributed by atoms with Crippen LogP contribution in [0.5, 0.6) is 0 Å². The highest BCUT2D eigenvalue weighted by molar-refractivity contribution is 7.20. The number of carbonyl (C=O) groups is 1. The fourth-order valence-corrected chi connectivity index (χ4v) is 6.35. The number of nitrogens with zero attached hydrogens (tertiary/aromatic N) is 3. The van der Waals surface area contributed by atoms with Crippen molar-refractivity contribution in [3.63, 3.8) is 0 Å². The molecule has 1 aromatic carbocycles. The maximum atomic E-state index is 13.0. The van der Waals surface area contributed by atoms with Crippen molar-refractivity contribution < 1.29 is 14.4 Å². The van der Waals surface area contributed by atoms with Crippen LogP contribution in [0.15, 0.2) is 29.4 Å². The van der Waals surface area contributed by atoms with Gasteiger partial charge < -0.3 is 9.57 Å². The molecule has 0 spiro atoms. The van der Waals surface area contributed by atoms with Gasteiger partial charge in [0.15, 0.2) is 10.6 Å². The third kappa shape index (κ3) is 1.95. The van der Waals surface area contributed by atoms with E-state index in [1.807, 2.05) is 30.3 Å². The van der Waals surface area contributed by atoms with Gasteiger partial charge in [-0.25, -0.2) is 9.78 Å². The number of benzene rings is 1. The average Bonchev–Trinajstić information content (AvgIpc) is 3.32. The van der Waals surface area contributed by atoms with Crippen molar-refractivity contribution in [3.05, 3.63) is 29.3 Å². The van der Waals surface area contributed by atoms with Crippen LogP contribution < -0.4 is 0 Å². The quantitative estimate of drug-likeness (QED) is 0.460. The minimum Gasteiger partial charge on any atom is -0.362 e. The molecule has 3 aliphatic rings. The molecule has 5 rings (SSSR count). The zero-order valence-corrected chi connectivity index (χ0v) is 16.0. The monoisotopic (exact) mass is 381 g/mol. The topological polar surface area (TPSA) is 84.6 Å². The number of ether oxygens (including phenoxy) is 1. The first-order valence-electron chi connectivity index (χ1n) is 9.13. The fourth-order valence-electron chi connectivity index (χ4n) is 5.46. The Kier molecular flexibility index (Phi) is 3.35. The third-order valence-corrected chi connectivity index (χ3v) is 8.39. The third-order valence-electron chi connectivity index (χ3n) is 7.35. The maximum absolute atomic E-state index is 13.0. The summed E-state index contributed by atoms with van der Waals surface area (Å²) in [5.74, 6) is -0.00253. The first-order chi connectivity index (χ1) is 12.9. The zero-order valence-electron chi connectivity index (χ0n) is 15.2. The van der Waals surface area contributed by atoms with E-state index < -0.39 is 11.6 Å². The highest BCUT2D eigenvalue weighted by Crippen LogP contribution is 2.75. The van der Waals surface area contributed by atoms with Crippen LogP contribution >= 0.6 is 11.3 Å². The first kappa shape index (κ1) is 16.8. The summed E-state index contributed by atoms with van der Waals surface area (Å²) >= 11 is 1.35. The highest BCUT2D eigenvalue weighted by Gasteiger charge is 2.79. The van der Waals surface area contributed by atoms with E-state index in [4.69, 9.17) is 9.57 Å². The number of oxime groups is 1. The molecule has 4 bridgehead atoms. The van der Waals surface area contributed by atoms with Crippen LogP contribution in [0.25, 0.3) is 10.2 Å².